The molecule has 4 nitrogen and oxygen atoms in total. The van der Waals surface area contributed by atoms with Crippen molar-refractivity contribution >= 4 is 5.97 Å². The maximum absolute atomic E-state index is 12.6. The van der Waals surface area contributed by atoms with Crippen LogP contribution in [0.25, 0.3) is 0 Å². The van der Waals surface area contributed by atoms with Crippen LogP contribution in [0, 0.1) is 0 Å². The van der Waals surface area contributed by atoms with Gasteiger partial charge in [0, 0.05) is 0 Å². The molecule has 0 amide bonds. The number of esters is 1. The van der Waals surface area contributed by atoms with E-state index in [2.05, 4.69) is 9.72 Å². The van der Waals surface area contributed by atoms with Crippen LogP contribution in [-0.4, -0.2) is 23.2 Å². The highest BCUT2D eigenvalue weighted by atomic mass is 19.4. The molecule has 0 saturated heterocycles. The van der Waals surface area contributed by atoms with Crippen LogP contribution in [0.15, 0.2) is 6.07 Å². The van der Waals surface area contributed by atoms with Crippen molar-refractivity contribution in [1.82, 2.24) is 4.98 Å². The Morgan fingerprint density at radius 3 is 2.47 bits per heavy atom. The van der Waals surface area contributed by atoms with Crippen LogP contribution in [0.5, 0.6) is 5.75 Å². The Balaban J connectivity index is 3.37. The monoisotopic (exact) mass is 285 g/mol. The molecule has 0 fully saturated rings. The van der Waals surface area contributed by atoms with Crippen LogP contribution in [0.3, 0.4) is 0 Å². The first-order chi connectivity index (χ1) is 8.66. The quantitative estimate of drug-likeness (QED) is 0.684. The highest BCUT2D eigenvalue weighted by molar-refractivity contribution is 5.73. The lowest BCUT2D eigenvalue weighted by Crippen LogP contribution is -2.17. The zero-order chi connectivity index (χ0) is 14.8. The highest BCUT2D eigenvalue weighted by Gasteiger charge is 2.37. The molecule has 19 heavy (non-hydrogen) atoms. The van der Waals surface area contributed by atoms with Gasteiger partial charge in [-0.05, 0) is 11.6 Å². The van der Waals surface area contributed by atoms with Crippen LogP contribution < -0.4 is 0 Å². The zero-order valence-corrected chi connectivity index (χ0v) is 9.46. The van der Waals surface area contributed by atoms with Crippen molar-refractivity contribution in [2.24, 2.45) is 0 Å². The molecule has 1 heterocycles. The lowest BCUT2D eigenvalue weighted by atomic mass is 10.1. The smallest absolute Gasteiger partial charge is 0.433 e. The fourth-order valence-corrected chi connectivity index (χ4v) is 1.33. The third-order valence-electron chi connectivity index (χ3n) is 2.15. The van der Waals surface area contributed by atoms with Gasteiger partial charge < -0.3 is 9.84 Å². The number of hydrogen-bond donors (Lipinski definition) is 1. The van der Waals surface area contributed by atoms with E-state index in [1.165, 1.54) is 0 Å². The largest absolute Gasteiger partial charge is 0.506 e. The number of aromatic hydroxyl groups is 1. The summed E-state index contributed by atoms with van der Waals surface area (Å²) in [5, 5.41) is 9.18. The number of nitrogens with zero attached hydrogens (tertiary/aromatic N) is 1. The summed E-state index contributed by atoms with van der Waals surface area (Å²) < 4.78 is 66.8. The van der Waals surface area contributed by atoms with Crippen molar-refractivity contribution in [1.29, 1.82) is 0 Å². The summed E-state index contributed by atoms with van der Waals surface area (Å²) in [6, 6.07) is 0.439. The molecule has 0 spiro atoms. The number of hydrogen-bond acceptors (Lipinski definition) is 4. The molecule has 0 aliphatic heterocycles. The average molecular weight is 285 g/mol. The molecule has 0 aromatic carbocycles. The summed E-state index contributed by atoms with van der Waals surface area (Å²) in [4.78, 5) is 13.6. The second kappa shape index (κ2) is 5.37. The molecular weight excluding hydrogens is 277 g/mol. The molecule has 0 aliphatic carbocycles. The van der Waals surface area contributed by atoms with Gasteiger partial charge in [-0.2, -0.15) is 13.2 Å². The maximum Gasteiger partial charge on any atom is 0.433 e. The number of ether oxygens (including phenoxy) is 1. The minimum Gasteiger partial charge on any atom is -0.506 e. The van der Waals surface area contributed by atoms with Gasteiger partial charge in [-0.3, -0.25) is 4.79 Å². The number of methoxy groups -OCH3 is 1. The molecular formula is C10H8F5NO3. The van der Waals surface area contributed by atoms with Crippen LogP contribution in [0.4, 0.5) is 22.0 Å². The average Bonchev–Trinajstić information content (AvgIpc) is 2.26. The molecule has 1 N–H and O–H groups in total. The number of carbonyl (C=O) groups excluding carboxylic acids is 1. The number of alkyl halides is 5. The Hall–Kier alpha value is -1.93. The third-order valence-corrected chi connectivity index (χ3v) is 2.15. The van der Waals surface area contributed by atoms with Crippen molar-refractivity contribution in [3.8, 4) is 5.75 Å². The first-order valence-corrected chi connectivity index (χ1v) is 4.81. The summed E-state index contributed by atoms with van der Waals surface area (Å²) >= 11 is 0. The van der Waals surface area contributed by atoms with Gasteiger partial charge in [0.25, 0.3) is 6.43 Å². The van der Waals surface area contributed by atoms with Gasteiger partial charge in [0.15, 0.2) is 0 Å². The van der Waals surface area contributed by atoms with Crippen LogP contribution in [0.2, 0.25) is 0 Å². The summed E-state index contributed by atoms with van der Waals surface area (Å²) in [7, 11) is 0.955. The second-order valence-electron chi connectivity index (χ2n) is 3.45. The van der Waals surface area contributed by atoms with Crippen molar-refractivity contribution in [2.45, 2.75) is 19.0 Å². The number of carbonyl (C=O) groups is 1. The minimum atomic E-state index is -5.03. The highest BCUT2D eigenvalue weighted by Crippen LogP contribution is 2.36. The first kappa shape index (κ1) is 15.1. The van der Waals surface area contributed by atoms with E-state index in [-0.39, 0.29) is 0 Å². The molecule has 1 aromatic heterocycles. The Bertz CT molecular complexity index is 487. The van der Waals surface area contributed by atoms with Gasteiger partial charge in [0.1, 0.15) is 17.1 Å². The second-order valence-corrected chi connectivity index (χ2v) is 3.45. The van der Waals surface area contributed by atoms with Crippen molar-refractivity contribution in [3.05, 3.63) is 23.0 Å². The lowest BCUT2D eigenvalue weighted by molar-refractivity contribution is -0.143. The van der Waals surface area contributed by atoms with E-state index in [0.717, 1.165) is 7.11 Å². The van der Waals surface area contributed by atoms with Gasteiger partial charge >= 0.3 is 12.1 Å². The van der Waals surface area contributed by atoms with E-state index in [9.17, 15) is 31.9 Å². The Morgan fingerprint density at radius 2 is 2.05 bits per heavy atom. The Labute approximate surface area is 103 Å². The van der Waals surface area contributed by atoms with E-state index in [0.29, 0.717) is 6.07 Å². The topological polar surface area (TPSA) is 59.4 Å². The summed E-state index contributed by atoms with van der Waals surface area (Å²) in [6.07, 6.45) is -9.23. The molecule has 0 unspecified atom stereocenters. The molecule has 0 aliphatic rings. The van der Waals surface area contributed by atoms with Gasteiger partial charge in [0.2, 0.25) is 0 Å². The molecule has 0 radical (unpaired) electrons. The maximum atomic E-state index is 12.6. The molecule has 0 bridgehead atoms. The zero-order valence-electron chi connectivity index (χ0n) is 9.46. The lowest BCUT2D eigenvalue weighted by Gasteiger charge is -2.14. The van der Waals surface area contributed by atoms with Crippen LogP contribution in [0.1, 0.15) is 23.4 Å². The summed E-state index contributed by atoms with van der Waals surface area (Å²) in [5.74, 6) is -2.13. The Kier molecular flexibility index (Phi) is 4.28. The fraction of sp³-hybridized carbons (Fsp3) is 0.400. The third kappa shape index (κ3) is 3.52. The van der Waals surface area contributed by atoms with Gasteiger partial charge in [-0.25, -0.2) is 13.8 Å². The van der Waals surface area contributed by atoms with Crippen molar-refractivity contribution in [2.75, 3.05) is 7.11 Å². The van der Waals surface area contributed by atoms with Gasteiger partial charge in [-0.1, -0.05) is 0 Å². The molecule has 9 heteroatoms. The molecule has 1 aromatic rings. The fourth-order valence-electron chi connectivity index (χ4n) is 1.33. The molecule has 1 rings (SSSR count). The molecule has 0 saturated carbocycles. The first-order valence-electron chi connectivity index (χ1n) is 4.81. The Morgan fingerprint density at radius 1 is 1.47 bits per heavy atom. The normalized spacial score (nSPS) is 11.7. The van der Waals surface area contributed by atoms with Crippen LogP contribution >= 0.6 is 0 Å². The number of pyridine rings is 1. The van der Waals surface area contributed by atoms with Gasteiger partial charge in [0.05, 0.1) is 13.5 Å². The molecule has 106 valence electrons. The van der Waals surface area contributed by atoms with Crippen LogP contribution in [-0.2, 0) is 22.1 Å². The summed E-state index contributed by atoms with van der Waals surface area (Å²) in [6.45, 7) is 0. The predicted molar refractivity (Wildman–Crippen MR) is 51.6 cm³/mol. The van der Waals surface area contributed by atoms with E-state index in [4.69, 9.17) is 0 Å². The molecule has 0 atom stereocenters. The SMILES string of the molecule is COC(=O)Cc1cc(O)c(C(F)F)nc1C(F)(F)F. The van der Waals surface area contributed by atoms with E-state index >= 15 is 0 Å². The van der Waals surface area contributed by atoms with E-state index in [1.54, 1.807) is 0 Å². The minimum absolute atomic E-state index is 0.439. The van der Waals surface area contributed by atoms with Crippen molar-refractivity contribution < 1.29 is 36.6 Å². The standard InChI is InChI=1S/C10H8F5NO3/c1-19-6(18)3-4-2-5(17)7(9(11)12)16-8(4)10(13,14)15/h2,9,17H,3H2,1H3. The number of rotatable bonds is 3. The van der Waals surface area contributed by atoms with Gasteiger partial charge in [-0.15, -0.1) is 0 Å². The summed E-state index contributed by atoms with van der Waals surface area (Å²) in [5.41, 5.74) is -3.77. The van der Waals surface area contributed by atoms with E-state index in [1.807, 2.05) is 0 Å². The van der Waals surface area contributed by atoms with E-state index < -0.39 is 47.7 Å². The van der Waals surface area contributed by atoms with Crippen molar-refractivity contribution in [3.63, 3.8) is 0 Å². The number of halogens is 5. The predicted octanol–water partition coefficient (Wildman–Crippen LogP) is 2.46. The number of aromatic nitrogens is 1.